The topological polar surface area (TPSA) is 49.3 Å². The lowest BCUT2D eigenvalue weighted by Gasteiger charge is -2.26. The van der Waals surface area contributed by atoms with Gasteiger partial charge in [0.15, 0.2) is 0 Å². The minimum Gasteiger partial charge on any atom is -0.354 e. The van der Waals surface area contributed by atoms with E-state index in [1.807, 2.05) is 79.4 Å². The molecule has 6 heteroatoms. The number of rotatable bonds is 5. The maximum atomic E-state index is 12.8. The summed E-state index contributed by atoms with van der Waals surface area (Å²) in [6.07, 6.45) is 5.20. The molecular weight excluding hydrogens is 432 g/mol. The highest BCUT2D eigenvalue weighted by atomic mass is 35.5. The van der Waals surface area contributed by atoms with Crippen LogP contribution >= 0.6 is 11.6 Å². The van der Waals surface area contributed by atoms with E-state index >= 15 is 0 Å². The average molecular weight is 461 g/mol. The molecule has 0 unspecified atom stereocenters. The highest BCUT2D eigenvalue weighted by molar-refractivity contribution is 6.30. The molecule has 1 aliphatic rings. The molecule has 0 saturated carbocycles. The van der Waals surface area contributed by atoms with E-state index < -0.39 is 0 Å². The second-order valence-corrected chi connectivity index (χ2v) is 8.81. The summed E-state index contributed by atoms with van der Waals surface area (Å²) in [5.74, 6) is 1.80. The molecular formula is C27H29ClN4O. The molecule has 0 radical (unpaired) electrons. The van der Waals surface area contributed by atoms with Gasteiger partial charge in [-0.15, -0.1) is 0 Å². The zero-order valence-electron chi connectivity index (χ0n) is 19.2. The summed E-state index contributed by atoms with van der Waals surface area (Å²) in [4.78, 5) is 26.5. The molecule has 1 aliphatic heterocycles. The van der Waals surface area contributed by atoms with Gasteiger partial charge in [-0.3, -0.25) is 4.79 Å². The molecule has 4 rings (SSSR count). The average Bonchev–Trinajstić information content (AvgIpc) is 3.07. The molecule has 5 nitrogen and oxygen atoms in total. The Hall–Kier alpha value is -3.18. The number of hydrogen-bond acceptors (Lipinski definition) is 4. The van der Waals surface area contributed by atoms with Gasteiger partial charge in [0.25, 0.3) is 0 Å². The van der Waals surface area contributed by atoms with Crippen LogP contribution in [-0.4, -0.2) is 47.0 Å². The maximum absolute atomic E-state index is 12.8. The van der Waals surface area contributed by atoms with Crippen molar-refractivity contribution in [3.63, 3.8) is 0 Å². The quantitative estimate of drug-likeness (QED) is 0.497. The Morgan fingerprint density at radius 2 is 1.73 bits per heavy atom. The smallest absolute Gasteiger partial charge is 0.246 e. The summed E-state index contributed by atoms with van der Waals surface area (Å²) in [6.45, 7) is 6.99. The zero-order valence-corrected chi connectivity index (χ0v) is 19.9. The summed E-state index contributed by atoms with van der Waals surface area (Å²) >= 11 is 6.06. The van der Waals surface area contributed by atoms with E-state index in [0.29, 0.717) is 6.54 Å². The minimum atomic E-state index is 0.0529. The van der Waals surface area contributed by atoms with E-state index in [0.717, 1.165) is 66.0 Å². The van der Waals surface area contributed by atoms with Gasteiger partial charge in [-0.2, -0.15) is 0 Å². The fraction of sp³-hybridized carbons (Fsp3) is 0.296. The number of benzene rings is 2. The molecule has 0 bridgehead atoms. The van der Waals surface area contributed by atoms with Crippen LogP contribution in [0.25, 0.3) is 6.08 Å². The molecule has 0 atom stereocenters. The summed E-state index contributed by atoms with van der Waals surface area (Å²) in [5, 5.41) is 0.731. The lowest BCUT2D eigenvalue weighted by atomic mass is 10.0. The van der Waals surface area contributed by atoms with Crippen LogP contribution in [0.5, 0.6) is 0 Å². The number of halogens is 1. The largest absolute Gasteiger partial charge is 0.354 e. The number of nitrogens with zero attached hydrogens (tertiary/aromatic N) is 4. The normalized spacial score (nSPS) is 14.5. The highest BCUT2D eigenvalue weighted by Gasteiger charge is 2.22. The van der Waals surface area contributed by atoms with Gasteiger partial charge < -0.3 is 9.80 Å². The third-order valence-corrected chi connectivity index (χ3v) is 6.18. The molecule has 2 aromatic carbocycles. The van der Waals surface area contributed by atoms with Crippen molar-refractivity contribution in [3.8, 4) is 0 Å². The lowest BCUT2D eigenvalue weighted by molar-refractivity contribution is -0.125. The number of aromatic nitrogens is 2. The van der Waals surface area contributed by atoms with E-state index in [2.05, 4.69) is 9.88 Å². The van der Waals surface area contributed by atoms with Gasteiger partial charge in [0, 0.05) is 55.0 Å². The third-order valence-electron chi connectivity index (χ3n) is 5.92. The number of anilines is 1. The van der Waals surface area contributed by atoms with E-state index in [1.54, 1.807) is 6.08 Å². The van der Waals surface area contributed by atoms with Crippen LogP contribution in [0.1, 0.15) is 34.6 Å². The Morgan fingerprint density at radius 1 is 0.970 bits per heavy atom. The van der Waals surface area contributed by atoms with Crippen LogP contribution < -0.4 is 4.90 Å². The van der Waals surface area contributed by atoms with Crippen LogP contribution in [0.3, 0.4) is 0 Å². The predicted octanol–water partition coefficient (Wildman–Crippen LogP) is 5.09. The molecule has 0 spiro atoms. The van der Waals surface area contributed by atoms with E-state index in [1.165, 1.54) is 5.56 Å². The Kier molecular flexibility index (Phi) is 7.40. The molecule has 33 heavy (non-hydrogen) atoms. The molecule has 0 aliphatic carbocycles. The first-order valence-electron chi connectivity index (χ1n) is 11.3. The van der Waals surface area contributed by atoms with Crippen LogP contribution in [0.2, 0.25) is 5.02 Å². The van der Waals surface area contributed by atoms with Crippen molar-refractivity contribution in [3.05, 3.63) is 93.9 Å². The van der Waals surface area contributed by atoms with Gasteiger partial charge in [-0.25, -0.2) is 9.97 Å². The molecule has 2 heterocycles. The summed E-state index contributed by atoms with van der Waals surface area (Å²) in [7, 11) is 0. The van der Waals surface area contributed by atoms with Crippen molar-refractivity contribution in [1.29, 1.82) is 0 Å². The standard InChI is InChI=1S/C27H29ClN4O/c1-20-25(19-23-9-12-24(28)13-10-23)27(30-21(2)29-20)32-16-6-15-31(17-18-32)26(33)14-11-22-7-4-3-5-8-22/h3-5,7-14H,6,15-19H2,1-2H3. The van der Waals surface area contributed by atoms with Crippen molar-refractivity contribution >= 4 is 29.4 Å². The second-order valence-electron chi connectivity index (χ2n) is 8.37. The van der Waals surface area contributed by atoms with Gasteiger partial charge in [0.2, 0.25) is 5.91 Å². The third kappa shape index (κ3) is 5.99. The summed E-state index contributed by atoms with van der Waals surface area (Å²) in [6, 6.07) is 17.8. The van der Waals surface area contributed by atoms with Gasteiger partial charge in [0.05, 0.1) is 0 Å². The second kappa shape index (κ2) is 10.6. The van der Waals surface area contributed by atoms with Crippen molar-refractivity contribution in [1.82, 2.24) is 14.9 Å². The monoisotopic (exact) mass is 460 g/mol. The molecule has 1 saturated heterocycles. The van der Waals surface area contributed by atoms with Crippen LogP contribution in [0.15, 0.2) is 60.7 Å². The van der Waals surface area contributed by atoms with Gasteiger partial charge in [-0.05, 0) is 49.6 Å². The first-order chi connectivity index (χ1) is 16.0. The zero-order chi connectivity index (χ0) is 23.2. The molecule has 1 fully saturated rings. The molecule has 1 aromatic heterocycles. The Morgan fingerprint density at radius 3 is 2.48 bits per heavy atom. The Balaban J connectivity index is 1.50. The van der Waals surface area contributed by atoms with E-state index in [4.69, 9.17) is 16.6 Å². The van der Waals surface area contributed by atoms with Crippen LogP contribution in [0, 0.1) is 13.8 Å². The van der Waals surface area contributed by atoms with Gasteiger partial charge in [0.1, 0.15) is 11.6 Å². The molecule has 0 N–H and O–H groups in total. The minimum absolute atomic E-state index is 0.0529. The Labute approximate surface area is 200 Å². The summed E-state index contributed by atoms with van der Waals surface area (Å²) in [5.41, 5.74) is 4.33. The number of amides is 1. The van der Waals surface area contributed by atoms with E-state index in [9.17, 15) is 4.79 Å². The fourth-order valence-corrected chi connectivity index (χ4v) is 4.31. The van der Waals surface area contributed by atoms with Crippen molar-refractivity contribution in [2.75, 3.05) is 31.1 Å². The van der Waals surface area contributed by atoms with Crippen molar-refractivity contribution in [2.45, 2.75) is 26.7 Å². The summed E-state index contributed by atoms with van der Waals surface area (Å²) < 4.78 is 0. The highest BCUT2D eigenvalue weighted by Crippen LogP contribution is 2.26. The fourth-order valence-electron chi connectivity index (χ4n) is 4.18. The number of hydrogen-bond donors (Lipinski definition) is 0. The van der Waals surface area contributed by atoms with Crippen LogP contribution in [-0.2, 0) is 11.2 Å². The Bertz CT molecular complexity index is 1130. The first-order valence-corrected chi connectivity index (χ1v) is 11.7. The van der Waals surface area contributed by atoms with Crippen molar-refractivity contribution in [2.24, 2.45) is 0 Å². The molecule has 170 valence electrons. The van der Waals surface area contributed by atoms with Crippen molar-refractivity contribution < 1.29 is 4.79 Å². The van der Waals surface area contributed by atoms with Gasteiger partial charge in [-0.1, -0.05) is 54.1 Å². The first kappa shape index (κ1) is 23.0. The molecule has 3 aromatic rings. The number of carbonyl (C=O) groups excluding carboxylic acids is 1. The predicted molar refractivity (Wildman–Crippen MR) is 135 cm³/mol. The van der Waals surface area contributed by atoms with E-state index in [-0.39, 0.29) is 5.91 Å². The lowest BCUT2D eigenvalue weighted by Crippen LogP contribution is -2.35. The van der Waals surface area contributed by atoms with Gasteiger partial charge >= 0.3 is 0 Å². The number of carbonyl (C=O) groups is 1. The molecule has 1 amide bonds. The maximum Gasteiger partial charge on any atom is 0.246 e. The SMILES string of the molecule is Cc1nc(C)c(Cc2ccc(Cl)cc2)c(N2CCCN(C(=O)C=Cc3ccccc3)CC2)n1. The van der Waals surface area contributed by atoms with Crippen LogP contribution in [0.4, 0.5) is 5.82 Å². The number of aryl methyl sites for hydroxylation is 2.